The van der Waals surface area contributed by atoms with Crippen LogP contribution >= 0.6 is 0 Å². The smallest absolute Gasteiger partial charge is 0.321 e. The minimum atomic E-state index is -3.84. The molecule has 7 heteroatoms. The minimum absolute atomic E-state index is 0.0731. The number of carbonyl (C=O) groups is 1. The Bertz CT molecular complexity index is 582. The molecule has 0 heterocycles. The Morgan fingerprint density at radius 2 is 2.00 bits per heavy atom. The number of methoxy groups -OCH3 is 1. The zero-order valence-corrected chi connectivity index (χ0v) is 12.1. The van der Waals surface area contributed by atoms with Gasteiger partial charge in [-0.15, -0.1) is 0 Å². The topological polar surface area (TPSA) is 83.9 Å². The Morgan fingerprint density at radius 3 is 2.42 bits per heavy atom. The van der Waals surface area contributed by atoms with Crippen molar-refractivity contribution >= 4 is 16.0 Å². The number of hydrogen-bond acceptors (Lipinski definition) is 4. The largest absolute Gasteiger partial charge is 0.497 e. The zero-order valence-electron chi connectivity index (χ0n) is 11.2. The number of sulfonamides is 1. The van der Waals surface area contributed by atoms with Gasteiger partial charge in [0, 0.05) is 7.05 Å². The molecule has 0 radical (unpaired) electrons. The molecule has 0 spiro atoms. The second-order valence-electron chi connectivity index (χ2n) is 4.17. The van der Waals surface area contributed by atoms with E-state index in [9.17, 15) is 13.2 Å². The van der Waals surface area contributed by atoms with Gasteiger partial charge in [0.05, 0.1) is 12.0 Å². The van der Waals surface area contributed by atoms with E-state index in [4.69, 9.17) is 9.84 Å². The van der Waals surface area contributed by atoms with Crippen LogP contribution in [-0.2, 0) is 14.8 Å². The molecule has 1 unspecified atom stereocenters. The van der Waals surface area contributed by atoms with Gasteiger partial charge < -0.3 is 9.84 Å². The summed E-state index contributed by atoms with van der Waals surface area (Å²) in [6, 6.07) is 3.39. The molecule has 6 nitrogen and oxygen atoms in total. The maximum absolute atomic E-state index is 12.3. The van der Waals surface area contributed by atoms with Crippen molar-refractivity contribution in [3.63, 3.8) is 0 Å². The summed E-state index contributed by atoms with van der Waals surface area (Å²) in [5, 5.41) is 8.89. The van der Waals surface area contributed by atoms with Crippen LogP contribution in [0.5, 0.6) is 5.75 Å². The van der Waals surface area contributed by atoms with E-state index in [0.29, 0.717) is 11.3 Å². The summed E-state index contributed by atoms with van der Waals surface area (Å²) in [6.07, 6.45) is 0. The Morgan fingerprint density at radius 1 is 1.42 bits per heavy atom. The van der Waals surface area contributed by atoms with E-state index >= 15 is 0 Å². The van der Waals surface area contributed by atoms with Gasteiger partial charge in [0.1, 0.15) is 11.8 Å². The van der Waals surface area contributed by atoms with Crippen LogP contribution in [0.4, 0.5) is 0 Å². The van der Waals surface area contributed by atoms with Gasteiger partial charge in [-0.05, 0) is 37.6 Å². The van der Waals surface area contributed by atoms with E-state index in [1.807, 2.05) is 0 Å². The van der Waals surface area contributed by atoms with Crippen molar-refractivity contribution < 1.29 is 23.1 Å². The predicted molar refractivity (Wildman–Crippen MR) is 69.8 cm³/mol. The SMILES string of the molecule is COc1ccc(S(=O)(=O)N(C)C(C)C(=O)O)c(C)c1. The van der Waals surface area contributed by atoms with Crippen molar-refractivity contribution in [2.75, 3.05) is 14.2 Å². The third-order valence-corrected chi connectivity index (χ3v) is 5.03. The number of carboxylic acids is 1. The van der Waals surface area contributed by atoms with Crippen LogP contribution in [0.2, 0.25) is 0 Å². The second-order valence-corrected chi connectivity index (χ2v) is 6.13. The molecule has 106 valence electrons. The molecule has 0 fully saturated rings. The Labute approximate surface area is 112 Å². The maximum Gasteiger partial charge on any atom is 0.321 e. The Balaban J connectivity index is 3.24. The molecule has 1 aromatic rings. The number of aryl methyl sites for hydroxylation is 1. The number of benzene rings is 1. The first-order valence-electron chi connectivity index (χ1n) is 5.57. The summed E-state index contributed by atoms with van der Waals surface area (Å²) in [5.74, 6) is -0.650. The molecular formula is C12H17NO5S. The fourth-order valence-corrected chi connectivity index (χ4v) is 3.08. The first-order chi connectivity index (χ1) is 8.71. The summed E-state index contributed by atoms with van der Waals surface area (Å²) < 4.78 is 30.5. The lowest BCUT2D eigenvalue weighted by molar-refractivity contribution is -0.140. The molecule has 0 aromatic heterocycles. The van der Waals surface area contributed by atoms with Crippen LogP contribution in [0, 0.1) is 6.92 Å². The molecule has 0 bridgehead atoms. The summed E-state index contributed by atoms with van der Waals surface area (Å²) in [6.45, 7) is 2.95. The van der Waals surface area contributed by atoms with Gasteiger partial charge in [0.25, 0.3) is 0 Å². The monoisotopic (exact) mass is 287 g/mol. The molecular weight excluding hydrogens is 270 g/mol. The number of carboxylic acid groups (broad SMARTS) is 1. The number of rotatable bonds is 5. The number of hydrogen-bond donors (Lipinski definition) is 1. The average molecular weight is 287 g/mol. The average Bonchev–Trinajstić information content (AvgIpc) is 2.36. The molecule has 1 aromatic carbocycles. The summed E-state index contributed by atoms with van der Waals surface area (Å²) >= 11 is 0. The molecule has 1 N–H and O–H groups in total. The molecule has 1 atom stereocenters. The van der Waals surface area contributed by atoms with E-state index in [2.05, 4.69) is 0 Å². The highest BCUT2D eigenvalue weighted by Crippen LogP contribution is 2.24. The van der Waals surface area contributed by atoms with Gasteiger partial charge in [-0.2, -0.15) is 4.31 Å². The third kappa shape index (κ3) is 3.05. The molecule has 0 amide bonds. The molecule has 0 aliphatic rings. The van der Waals surface area contributed by atoms with Crippen LogP contribution < -0.4 is 4.74 Å². The van der Waals surface area contributed by atoms with Crippen LogP contribution in [0.15, 0.2) is 23.1 Å². The lowest BCUT2D eigenvalue weighted by Gasteiger charge is -2.22. The van der Waals surface area contributed by atoms with Crippen LogP contribution in [-0.4, -0.2) is 44.0 Å². The number of likely N-dealkylation sites (N-methyl/N-ethyl adjacent to an activating group) is 1. The van der Waals surface area contributed by atoms with Crippen LogP contribution in [0.25, 0.3) is 0 Å². The molecule has 0 aliphatic heterocycles. The first kappa shape index (κ1) is 15.5. The van der Waals surface area contributed by atoms with Crippen LogP contribution in [0.1, 0.15) is 12.5 Å². The minimum Gasteiger partial charge on any atom is -0.497 e. The highest BCUT2D eigenvalue weighted by Gasteiger charge is 2.30. The summed E-state index contributed by atoms with van der Waals surface area (Å²) in [7, 11) is -1.11. The Hall–Kier alpha value is -1.60. The van der Waals surface area contributed by atoms with Gasteiger partial charge >= 0.3 is 5.97 Å². The fraction of sp³-hybridized carbons (Fsp3) is 0.417. The van der Waals surface area contributed by atoms with Gasteiger partial charge in [0.15, 0.2) is 0 Å². The van der Waals surface area contributed by atoms with Gasteiger partial charge in [-0.3, -0.25) is 4.79 Å². The predicted octanol–water partition coefficient (Wildman–Crippen LogP) is 1.10. The number of ether oxygens (including phenoxy) is 1. The first-order valence-corrected chi connectivity index (χ1v) is 7.01. The van der Waals surface area contributed by atoms with Gasteiger partial charge in [-0.1, -0.05) is 0 Å². The van der Waals surface area contributed by atoms with E-state index in [1.165, 1.54) is 33.2 Å². The van der Waals surface area contributed by atoms with Crippen molar-refractivity contribution in [3.8, 4) is 5.75 Å². The van der Waals surface area contributed by atoms with Gasteiger partial charge in [-0.25, -0.2) is 8.42 Å². The van der Waals surface area contributed by atoms with E-state index < -0.39 is 22.0 Å². The molecule has 0 aliphatic carbocycles. The van der Waals surface area contributed by atoms with Crippen LogP contribution in [0.3, 0.4) is 0 Å². The lowest BCUT2D eigenvalue weighted by Crippen LogP contribution is -2.40. The second kappa shape index (κ2) is 5.58. The molecule has 19 heavy (non-hydrogen) atoms. The fourth-order valence-electron chi connectivity index (χ4n) is 1.56. The van der Waals surface area contributed by atoms with Crippen molar-refractivity contribution in [2.45, 2.75) is 24.8 Å². The zero-order chi connectivity index (χ0) is 14.8. The highest BCUT2D eigenvalue weighted by atomic mass is 32.2. The van der Waals surface area contributed by atoms with E-state index in [1.54, 1.807) is 13.0 Å². The van der Waals surface area contributed by atoms with E-state index in [0.717, 1.165) is 4.31 Å². The quantitative estimate of drug-likeness (QED) is 0.876. The van der Waals surface area contributed by atoms with Crippen molar-refractivity contribution in [3.05, 3.63) is 23.8 Å². The highest BCUT2D eigenvalue weighted by molar-refractivity contribution is 7.89. The van der Waals surface area contributed by atoms with Crippen molar-refractivity contribution in [1.29, 1.82) is 0 Å². The summed E-state index contributed by atoms with van der Waals surface area (Å²) in [5.41, 5.74) is 0.504. The van der Waals surface area contributed by atoms with Gasteiger partial charge in [0.2, 0.25) is 10.0 Å². The van der Waals surface area contributed by atoms with E-state index in [-0.39, 0.29) is 4.90 Å². The van der Waals surface area contributed by atoms with Crippen molar-refractivity contribution in [1.82, 2.24) is 4.31 Å². The molecule has 1 rings (SSSR count). The standard InChI is InChI=1S/C12H17NO5S/c1-8-7-10(18-4)5-6-11(8)19(16,17)13(3)9(2)12(14)15/h5-7,9H,1-4H3,(H,14,15). The van der Waals surface area contributed by atoms with Crippen molar-refractivity contribution in [2.24, 2.45) is 0 Å². The number of aliphatic carboxylic acids is 1. The molecule has 0 saturated heterocycles. The lowest BCUT2D eigenvalue weighted by atomic mass is 10.2. The maximum atomic E-state index is 12.3. The third-order valence-electron chi connectivity index (χ3n) is 2.94. The summed E-state index contributed by atoms with van der Waals surface area (Å²) in [4.78, 5) is 11.0. The normalized spacial score (nSPS) is 13.3. The Kier molecular flexibility index (Phi) is 4.54. The molecule has 0 saturated carbocycles. The number of nitrogens with zero attached hydrogens (tertiary/aromatic N) is 1.